The molecule has 1 saturated heterocycles. The maximum absolute atomic E-state index is 14.1. The number of halogens is 2. The Morgan fingerprint density at radius 2 is 1.86 bits per heavy atom. The molecule has 1 aliphatic heterocycles. The van der Waals surface area contributed by atoms with Gasteiger partial charge in [0.05, 0.1) is 17.0 Å². The zero-order valence-corrected chi connectivity index (χ0v) is 20.0. The highest BCUT2D eigenvalue weighted by molar-refractivity contribution is 5.94. The van der Waals surface area contributed by atoms with Crippen molar-refractivity contribution in [3.8, 4) is 11.3 Å². The van der Waals surface area contributed by atoms with Gasteiger partial charge in [0.1, 0.15) is 11.6 Å². The molecule has 2 N–H and O–H groups in total. The van der Waals surface area contributed by atoms with E-state index >= 15 is 0 Å². The van der Waals surface area contributed by atoms with E-state index in [0.717, 1.165) is 44.4 Å². The number of amides is 2. The molecule has 2 atom stereocenters. The summed E-state index contributed by atoms with van der Waals surface area (Å²) in [5.74, 6) is -2.06. The van der Waals surface area contributed by atoms with Gasteiger partial charge in [-0.2, -0.15) is 0 Å². The van der Waals surface area contributed by atoms with Crippen LogP contribution in [0, 0.1) is 17.6 Å². The van der Waals surface area contributed by atoms with Crippen LogP contribution in [0.1, 0.15) is 48.4 Å². The van der Waals surface area contributed by atoms with Crippen LogP contribution in [0.2, 0.25) is 0 Å². The first-order valence-corrected chi connectivity index (χ1v) is 12.5. The molecule has 6 rings (SSSR count). The lowest BCUT2D eigenvalue weighted by Gasteiger charge is -2.38. The van der Waals surface area contributed by atoms with Crippen molar-refractivity contribution >= 4 is 11.8 Å². The largest absolute Gasteiger partial charge is 0.355 e. The van der Waals surface area contributed by atoms with Crippen LogP contribution in [0.15, 0.2) is 47.2 Å². The Kier molecular flexibility index (Phi) is 5.94. The molecule has 11 heteroatoms. The predicted molar refractivity (Wildman–Crippen MR) is 127 cm³/mol. The highest BCUT2D eigenvalue weighted by atomic mass is 19.1. The van der Waals surface area contributed by atoms with Gasteiger partial charge >= 0.3 is 0 Å². The van der Waals surface area contributed by atoms with Crippen molar-refractivity contribution in [2.24, 2.45) is 5.92 Å². The number of aromatic nitrogens is 3. The van der Waals surface area contributed by atoms with Gasteiger partial charge in [-0.3, -0.25) is 14.5 Å². The van der Waals surface area contributed by atoms with Gasteiger partial charge in [0.2, 0.25) is 5.91 Å². The number of nitrogens with one attached hydrogen (secondary N) is 2. The van der Waals surface area contributed by atoms with Crippen LogP contribution in [0.5, 0.6) is 0 Å². The number of nitrogens with zero attached hydrogens (tertiary/aromatic N) is 4. The van der Waals surface area contributed by atoms with E-state index in [0.29, 0.717) is 24.8 Å². The molecule has 2 saturated carbocycles. The summed E-state index contributed by atoms with van der Waals surface area (Å²) < 4.78 is 32.6. The molecule has 192 valence electrons. The van der Waals surface area contributed by atoms with Gasteiger partial charge in [0.15, 0.2) is 17.3 Å². The van der Waals surface area contributed by atoms with Gasteiger partial charge in [-0.15, -0.1) is 0 Å². The lowest BCUT2D eigenvalue weighted by molar-refractivity contribution is -0.128. The topological polar surface area (TPSA) is 113 Å². The third-order valence-corrected chi connectivity index (χ3v) is 7.41. The SMILES string of the molecule is O=C(N[C@H]1CCN(C2CC2)C[C@@H]1C(=O)NC1(c2ncccn2)CC1)c1cc(-c2ccc(F)cc2F)on1. The van der Waals surface area contributed by atoms with E-state index in [4.69, 9.17) is 4.52 Å². The van der Waals surface area contributed by atoms with Crippen molar-refractivity contribution in [1.29, 1.82) is 0 Å². The van der Waals surface area contributed by atoms with Gasteiger partial charge in [0.25, 0.3) is 5.91 Å². The van der Waals surface area contributed by atoms with Crippen LogP contribution in [0.4, 0.5) is 8.78 Å². The van der Waals surface area contributed by atoms with E-state index in [1.165, 1.54) is 12.1 Å². The zero-order chi connectivity index (χ0) is 25.6. The van der Waals surface area contributed by atoms with Gasteiger partial charge in [-0.05, 0) is 50.3 Å². The fraction of sp³-hybridized carbons (Fsp3) is 0.423. The summed E-state index contributed by atoms with van der Waals surface area (Å²) in [4.78, 5) is 37.6. The Labute approximate surface area is 211 Å². The molecule has 3 aromatic rings. The molecule has 1 aromatic carbocycles. The van der Waals surface area contributed by atoms with Gasteiger partial charge in [0, 0.05) is 49.7 Å². The first-order valence-electron chi connectivity index (χ1n) is 12.5. The second kappa shape index (κ2) is 9.29. The Hall–Kier alpha value is -3.73. The van der Waals surface area contributed by atoms with Crippen molar-refractivity contribution in [2.75, 3.05) is 13.1 Å². The van der Waals surface area contributed by atoms with Crippen LogP contribution >= 0.6 is 0 Å². The van der Waals surface area contributed by atoms with Gasteiger partial charge in [-0.25, -0.2) is 18.7 Å². The predicted octanol–water partition coefficient (Wildman–Crippen LogP) is 2.80. The van der Waals surface area contributed by atoms with Crippen molar-refractivity contribution in [3.05, 3.63) is 65.9 Å². The number of carbonyl (C=O) groups is 2. The normalized spacial score (nSPS) is 22.9. The highest BCUT2D eigenvalue weighted by Crippen LogP contribution is 2.44. The standard InChI is InChI=1S/C26H26F2N6O3/c27-15-2-5-17(19(28)12-15)22-13-21(33-37-22)24(36)31-20-6-11-34(16-3-4-16)14-18(20)23(35)32-26(7-8-26)25-29-9-1-10-30-25/h1-2,5,9-10,12-13,16,18,20H,3-4,6-8,11,14H2,(H,31,36)(H,32,35)/t18-,20-/m0/s1. The lowest BCUT2D eigenvalue weighted by Crippen LogP contribution is -2.57. The van der Waals surface area contributed by atoms with E-state index in [-0.39, 0.29) is 22.9 Å². The summed E-state index contributed by atoms with van der Waals surface area (Å²) in [5.41, 5.74) is -0.602. The van der Waals surface area contributed by atoms with Crippen molar-refractivity contribution in [2.45, 2.75) is 49.7 Å². The number of piperidine rings is 1. The van der Waals surface area contributed by atoms with Crippen LogP contribution in [-0.2, 0) is 10.3 Å². The maximum Gasteiger partial charge on any atom is 0.273 e. The molecule has 2 amide bonds. The minimum Gasteiger partial charge on any atom is -0.355 e. The first kappa shape index (κ1) is 23.7. The van der Waals surface area contributed by atoms with Crippen LogP contribution < -0.4 is 10.6 Å². The number of benzene rings is 1. The Bertz CT molecular complexity index is 1320. The average molecular weight is 509 g/mol. The average Bonchev–Trinajstić information content (AvgIpc) is 3.83. The fourth-order valence-electron chi connectivity index (χ4n) is 5.03. The fourth-order valence-corrected chi connectivity index (χ4v) is 5.03. The summed E-state index contributed by atoms with van der Waals surface area (Å²) >= 11 is 0. The van der Waals surface area contributed by atoms with Crippen molar-refractivity contribution in [3.63, 3.8) is 0 Å². The summed E-state index contributed by atoms with van der Waals surface area (Å²) in [6.45, 7) is 1.31. The number of carbonyl (C=O) groups excluding carboxylic acids is 2. The number of hydrogen-bond donors (Lipinski definition) is 2. The monoisotopic (exact) mass is 508 g/mol. The molecular formula is C26H26F2N6O3. The highest BCUT2D eigenvalue weighted by Gasteiger charge is 2.50. The maximum atomic E-state index is 14.1. The molecule has 0 radical (unpaired) electrons. The minimum absolute atomic E-state index is 0.000748. The Balaban J connectivity index is 1.18. The third-order valence-electron chi connectivity index (χ3n) is 7.41. The van der Waals surface area contributed by atoms with E-state index in [1.807, 2.05) is 0 Å². The smallest absolute Gasteiger partial charge is 0.273 e. The van der Waals surface area contributed by atoms with Crippen LogP contribution in [0.3, 0.4) is 0 Å². The molecule has 0 unspecified atom stereocenters. The molecule has 0 spiro atoms. The number of rotatable bonds is 7. The molecule has 3 fully saturated rings. The Morgan fingerprint density at radius 1 is 1.08 bits per heavy atom. The van der Waals surface area contributed by atoms with E-state index in [9.17, 15) is 18.4 Å². The minimum atomic E-state index is -0.816. The quantitative estimate of drug-likeness (QED) is 0.505. The summed E-state index contributed by atoms with van der Waals surface area (Å²) in [7, 11) is 0. The molecule has 3 aliphatic rings. The second-order valence-electron chi connectivity index (χ2n) is 10.0. The Morgan fingerprint density at radius 3 is 2.57 bits per heavy atom. The van der Waals surface area contributed by atoms with Crippen molar-refractivity contribution in [1.82, 2.24) is 30.7 Å². The summed E-state index contributed by atoms with van der Waals surface area (Å²) in [6.07, 6.45) is 7.70. The lowest BCUT2D eigenvalue weighted by atomic mass is 9.90. The molecule has 3 heterocycles. The second-order valence-corrected chi connectivity index (χ2v) is 10.0. The molecule has 0 bridgehead atoms. The number of likely N-dealkylation sites (tertiary alicyclic amines) is 1. The summed E-state index contributed by atoms with van der Waals surface area (Å²) in [5, 5.41) is 9.89. The molecule has 2 aliphatic carbocycles. The van der Waals surface area contributed by atoms with Crippen LogP contribution in [0.25, 0.3) is 11.3 Å². The van der Waals surface area contributed by atoms with E-state index < -0.39 is 35.0 Å². The molecular weight excluding hydrogens is 482 g/mol. The molecule has 37 heavy (non-hydrogen) atoms. The van der Waals surface area contributed by atoms with E-state index in [1.54, 1.807) is 18.5 Å². The van der Waals surface area contributed by atoms with Gasteiger partial charge in [-0.1, -0.05) is 5.16 Å². The van der Waals surface area contributed by atoms with Crippen molar-refractivity contribution < 1.29 is 22.9 Å². The number of hydrogen-bond acceptors (Lipinski definition) is 7. The van der Waals surface area contributed by atoms with Crippen LogP contribution in [-0.4, -0.2) is 57.0 Å². The molecule has 9 nitrogen and oxygen atoms in total. The third kappa shape index (κ3) is 4.83. The first-order chi connectivity index (χ1) is 17.9. The van der Waals surface area contributed by atoms with Gasteiger partial charge < -0.3 is 15.2 Å². The zero-order valence-electron chi connectivity index (χ0n) is 20.0. The van der Waals surface area contributed by atoms with E-state index in [2.05, 4.69) is 30.7 Å². The molecule has 2 aromatic heterocycles. The summed E-state index contributed by atoms with van der Waals surface area (Å²) in [6, 6.07) is 6.19.